The largest absolute Gasteiger partial charge is 0.466 e. The number of carbonyl (C=O) groups is 2. The lowest BCUT2D eigenvalue weighted by molar-refractivity contribution is -0.203. The second-order valence-corrected chi connectivity index (χ2v) is 5.42. The van der Waals surface area contributed by atoms with Crippen molar-refractivity contribution in [1.29, 1.82) is 0 Å². The molecule has 0 spiro atoms. The van der Waals surface area contributed by atoms with E-state index < -0.39 is 23.7 Å². The first-order valence-electron chi connectivity index (χ1n) is 7.12. The number of rotatable bonds is 5. The lowest BCUT2D eigenvalue weighted by atomic mass is 10.1. The Hall–Kier alpha value is -2.81. The van der Waals surface area contributed by atoms with Gasteiger partial charge in [-0.25, -0.2) is 9.78 Å². The molecule has 0 radical (unpaired) electrons. The van der Waals surface area contributed by atoms with E-state index in [9.17, 15) is 22.8 Å². The normalized spacial score (nSPS) is 13.4. The minimum absolute atomic E-state index is 0.0798. The average Bonchev–Trinajstić information content (AvgIpc) is 2.60. The molecule has 1 aromatic heterocycles. The Bertz CT molecular complexity index is 802. The summed E-state index contributed by atoms with van der Waals surface area (Å²) in [6.45, 7) is 0. The molecule has 138 valence electrons. The Kier molecular flexibility index (Phi) is 5.71. The number of ether oxygens (including phenoxy) is 1. The highest BCUT2D eigenvalue weighted by Crippen LogP contribution is 2.33. The standard InChI is InChI=1S/C16H13ClF3N3O3/c1-26-14(25)15(16(18,19)20,22-12-8-4-5-9-21-12)23-13(24)10-6-2-3-7-11(10)17/h2-9H,1H3,(H,21,22)(H,23,24)/t15-/m1/s1. The smallest absolute Gasteiger partial charge is 0.441 e. The molecule has 0 aliphatic rings. The number of esters is 1. The van der Waals surface area contributed by atoms with Crippen LogP contribution in [-0.4, -0.2) is 35.8 Å². The van der Waals surface area contributed by atoms with Crippen LogP contribution < -0.4 is 10.6 Å². The molecular formula is C16H13ClF3N3O3. The van der Waals surface area contributed by atoms with Gasteiger partial charge < -0.3 is 15.4 Å². The number of amides is 1. The monoisotopic (exact) mass is 387 g/mol. The van der Waals surface area contributed by atoms with E-state index >= 15 is 0 Å². The van der Waals surface area contributed by atoms with Crippen molar-refractivity contribution in [2.75, 3.05) is 12.4 Å². The van der Waals surface area contributed by atoms with Gasteiger partial charge in [-0.05, 0) is 24.3 Å². The van der Waals surface area contributed by atoms with Crippen LogP contribution in [-0.2, 0) is 9.53 Å². The second kappa shape index (κ2) is 7.61. The van der Waals surface area contributed by atoms with E-state index in [-0.39, 0.29) is 16.4 Å². The molecule has 1 atom stereocenters. The third-order valence-electron chi connectivity index (χ3n) is 3.32. The maximum atomic E-state index is 13.8. The minimum Gasteiger partial charge on any atom is -0.466 e. The third-order valence-corrected chi connectivity index (χ3v) is 3.65. The van der Waals surface area contributed by atoms with Crippen LogP contribution in [0, 0.1) is 0 Å². The highest BCUT2D eigenvalue weighted by atomic mass is 35.5. The van der Waals surface area contributed by atoms with Gasteiger partial charge in [0.15, 0.2) is 0 Å². The molecule has 1 heterocycles. The van der Waals surface area contributed by atoms with Gasteiger partial charge in [-0.15, -0.1) is 0 Å². The van der Waals surface area contributed by atoms with E-state index in [4.69, 9.17) is 11.6 Å². The summed E-state index contributed by atoms with van der Waals surface area (Å²) < 4.78 is 45.8. The van der Waals surface area contributed by atoms with E-state index in [1.54, 1.807) is 5.32 Å². The number of carbonyl (C=O) groups excluding carboxylic acids is 2. The van der Waals surface area contributed by atoms with E-state index in [0.29, 0.717) is 0 Å². The maximum absolute atomic E-state index is 13.8. The van der Waals surface area contributed by atoms with Gasteiger partial charge in [-0.2, -0.15) is 13.2 Å². The first-order valence-corrected chi connectivity index (χ1v) is 7.50. The number of hydrogen-bond acceptors (Lipinski definition) is 5. The van der Waals surface area contributed by atoms with Crippen LogP contribution >= 0.6 is 11.6 Å². The fourth-order valence-corrected chi connectivity index (χ4v) is 2.28. The second-order valence-electron chi connectivity index (χ2n) is 5.01. The number of nitrogens with zero attached hydrogens (tertiary/aromatic N) is 1. The van der Waals surface area contributed by atoms with Crippen molar-refractivity contribution < 1.29 is 27.5 Å². The molecule has 0 bridgehead atoms. The summed E-state index contributed by atoms with van der Waals surface area (Å²) in [5.74, 6) is -3.28. The fraction of sp³-hybridized carbons (Fsp3) is 0.188. The number of nitrogens with one attached hydrogen (secondary N) is 2. The number of halogens is 4. The summed E-state index contributed by atoms with van der Waals surface area (Å²) >= 11 is 5.84. The Morgan fingerprint density at radius 1 is 1.12 bits per heavy atom. The predicted molar refractivity (Wildman–Crippen MR) is 87.6 cm³/mol. The number of hydrogen-bond donors (Lipinski definition) is 2. The first kappa shape index (κ1) is 19.5. The molecule has 2 aromatic rings. The molecule has 26 heavy (non-hydrogen) atoms. The van der Waals surface area contributed by atoms with Crippen molar-refractivity contribution in [2.45, 2.75) is 11.8 Å². The van der Waals surface area contributed by atoms with Crippen molar-refractivity contribution in [1.82, 2.24) is 10.3 Å². The zero-order valence-corrected chi connectivity index (χ0v) is 14.1. The van der Waals surface area contributed by atoms with Gasteiger partial charge >= 0.3 is 17.8 Å². The molecule has 10 heteroatoms. The molecule has 6 nitrogen and oxygen atoms in total. The van der Waals surface area contributed by atoms with E-state index in [2.05, 4.69) is 9.72 Å². The molecule has 0 fully saturated rings. The van der Waals surface area contributed by atoms with Crippen LogP contribution in [0.2, 0.25) is 5.02 Å². The Balaban J connectivity index is 2.50. The SMILES string of the molecule is COC(=O)[C@](NC(=O)c1ccccc1Cl)(Nc1ccccn1)C(F)(F)F. The zero-order chi connectivity index (χ0) is 19.4. The number of aromatic nitrogens is 1. The van der Waals surface area contributed by atoms with Crippen LogP contribution in [0.15, 0.2) is 48.7 Å². The summed E-state index contributed by atoms with van der Waals surface area (Å²) in [6, 6.07) is 9.55. The molecule has 0 aliphatic carbocycles. The number of anilines is 1. The Morgan fingerprint density at radius 3 is 2.31 bits per heavy atom. The number of alkyl halides is 3. The van der Waals surface area contributed by atoms with E-state index in [1.165, 1.54) is 48.7 Å². The molecule has 2 rings (SSSR count). The van der Waals surface area contributed by atoms with E-state index in [0.717, 1.165) is 7.11 Å². The summed E-state index contributed by atoms with van der Waals surface area (Å²) in [5.41, 5.74) is -3.80. The molecule has 1 aromatic carbocycles. The van der Waals surface area contributed by atoms with Crippen molar-refractivity contribution >= 4 is 29.3 Å². The van der Waals surface area contributed by atoms with Gasteiger partial charge in [0.05, 0.1) is 17.7 Å². The van der Waals surface area contributed by atoms with Crippen LogP contribution in [0.3, 0.4) is 0 Å². The lowest BCUT2D eigenvalue weighted by Gasteiger charge is -2.34. The van der Waals surface area contributed by atoms with Crippen molar-refractivity contribution in [3.63, 3.8) is 0 Å². The zero-order valence-electron chi connectivity index (χ0n) is 13.3. The fourth-order valence-electron chi connectivity index (χ4n) is 2.06. The summed E-state index contributed by atoms with van der Waals surface area (Å²) in [6.07, 6.45) is -4.04. The van der Waals surface area contributed by atoms with Crippen molar-refractivity contribution in [2.24, 2.45) is 0 Å². The van der Waals surface area contributed by atoms with Gasteiger partial charge in [-0.3, -0.25) is 4.79 Å². The van der Waals surface area contributed by atoms with Crippen LogP contribution in [0.5, 0.6) is 0 Å². The number of methoxy groups -OCH3 is 1. The summed E-state index contributed by atoms with van der Waals surface area (Å²) in [7, 11) is 0.768. The summed E-state index contributed by atoms with van der Waals surface area (Å²) in [5, 5.41) is 3.49. The van der Waals surface area contributed by atoms with Crippen molar-refractivity contribution in [3.8, 4) is 0 Å². The van der Waals surface area contributed by atoms with Gasteiger partial charge in [0.25, 0.3) is 5.91 Å². The Labute approximate surface area is 151 Å². The summed E-state index contributed by atoms with van der Waals surface area (Å²) in [4.78, 5) is 28.1. The lowest BCUT2D eigenvalue weighted by Crippen LogP contribution is -2.69. The first-order chi connectivity index (χ1) is 12.2. The van der Waals surface area contributed by atoms with Crippen LogP contribution in [0.4, 0.5) is 19.0 Å². The molecule has 0 unspecified atom stereocenters. The van der Waals surface area contributed by atoms with Crippen LogP contribution in [0.25, 0.3) is 0 Å². The van der Waals surface area contributed by atoms with Gasteiger partial charge in [0.1, 0.15) is 5.82 Å². The quantitative estimate of drug-likeness (QED) is 0.609. The Morgan fingerprint density at radius 2 is 1.77 bits per heavy atom. The topological polar surface area (TPSA) is 80.3 Å². The van der Waals surface area contributed by atoms with Gasteiger partial charge in [0, 0.05) is 6.20 Å². The highest BCUT2D eigenvalue weighted by Gasteiger charge is 2.63. The molecule has 1 amide bonds. The predicted octanol–water partition coefficient (Wildman–Crippen LogP) is 3.01. The number of benzene rings is 1. The molecule has 0 saturated heterocycles. The number of pyridine rings is 1. The van der Waals surface area contributed by atoms with Gasteiger partial charge in [-0.1, -0.05) is 29.8 Å². The minimum atomic E-state index is -5.26. The van der Waals surface area contributed by atoms with Crippen LogP contribution in [0.1, 0.15) is 10.4 Å². The maximum Gasteiger partial charge on any atom is 0.441 e. The van der Waals surface area contributed by atoms with Crippen molar-refractivity contribution in [3.05, 3.63) is 59.2 Å². The molecular weight excluding hydrogens is 375 g/mol. The third kappa shape index (κ3) is 3.88. The molecule has 2 N–H and O–H groups in total. The molecule has 0 aliphatic heterocycles. The highest BCUT2D eigenvalue weighted by molar-refractivity contribution is 6.33. The molecule has 0 saturated carbocycles. The van der Waals surface area contributed by atoms with Gasteiger partial charge in [0.2, 0.25) is 0 Å². The van der Waals surface area contributed by atoms with E-state index in [1.807, 2.05) is 5.32 Å². The average molecular weight is 388 g/mol.